The molecule has 3 aromatic rings. The molecule has 0 saturated carbocycles. The van der Waals surface area contributed by atoms with Gasteiger partial charge in [-0.2, -0.15) is 5.10 Å². The molecule has 8 nitrogen and oxygen atoms in total. The third-order valence-electron chi connectivity index (χ3n) is 3.66. The minimum atomic E-state index is -0.400. The van der Waals surface area contributed by atoms with Gasteiger partial charge in [0.25, 0.3) is 5.91 Å². The van der Waals surface area contributed by atoms with Crippen LogP contribution in [0.3, 0.4) is 0 Å². The van der Waals surface area contributed by atoms with Crippen molar-refractivity contribution in [3.63, 3.8) is 0 Å². The van der Waals surface area contributed by atoms with Gasteiger partial charge in [0.05, 0.1) is 12.6 Å². The zero-order valence-corrected chi connectivity index (χ0v) is 17.6. The molecule has 2 amide bonds. The third-order valence-corrected chi connectivity index (χ3v) is 4.99. The second-order valence-corrected chi connectivity index (χ2v) is 7.98. The van der Waals surface area contributed by atoms with Crippen molar-refractivity contribution >= 4 is 50.4 Å². The standard InChI is InChI=1S/C19H16BrN5O3S/c1-11-3-2-4-12(7-11)18(28)22-19-25-24-17(29-19)9-16(27)23-21-10-13-8-14(20)5-6-15(13)26/h2-8,10,26H,9H2,1H3,(H,23,27)(H,22,25,28)/b21-10+. The lowest BCUT2D eigenvalue weighted by Gasteiger charge is -2.01. The fraction of sp³-hybridized carbons (Fsp3) is 0.105. The SMILES string of the molecule is Cc1cccc(C(=O)Nc2nnc(CC(=O)N/N=C/c3cc(Br)ccc3O)s2)c1. The predicted octanol–water partition coefficient (Wildman–Crippen LogP) is 3.26. The van der Waals surface area contributed by atoms with Crippen LogP contribution < -0.4 is 10.7 Å². The Labute approximate surface area is 178 Å². The molecule has 0 fully saturated rings. The lowest BCUT2D eigenvalue weighted by atomic mass is 10.1. The van der Waals surface area contributed by atoms with Crippen molar-refractivity contribution in [1.29, 1.82) is 0 Å². The highest BCUT2D eigenvalue weighted by Gasteiger charge is 2.12. The number of aromatic nitrogens is 2. The monoisotopic (exact) mass is 473 g/mol. The first-order chi connectivity index (χ1) is 13.9. The zero-order chi connectivity index (χ0) is 20.8. The Morgan fingerprint density at radius 3 is 2.86 bits per heavy atom. The minimum Gasteiger partial charge on any atom is -0.507 e. The van der Waals surface area contributed by atoms with E-state index in [1.165, 1.54) is 12.3 Å². The summed E-state index contributed by atoms with van der Waals surface area (Å²) in [6.07, 6.45) is 1.30. The van der Waals surface area contributed by atoms with E-state index in [1.807, 2.05) is 13.0 Å². The Morgan fingerprint density at radius 1 is 1.24 bits per heavy atom. The molecule has 0 aliphatic heterocycles. The maximum atomic E-state index is 12.2. The molecule has 0 spiro atoms. The van der Waals surface area contributed by atoms with Gasteiger partial charge < -0.3 is 5.11 Å². The van der Waals surface area contributed by atoms with E-state index in [1.54, 1.807) is 30.3 Å². The fourth-order valence-corrected chi connectivity index (χ4v) is 3.42. The van der Waals surface area contributed by atoms with E-state index >= 15 is 0 Å². The number of anilines is 1. The predicted molar refractivity (Wildman–Crippen MR) is 114 cm³/mol. The number of aromatic hydroxyl groups is 1. The van der Waals surface area contributed by atoms with Crippen LogP contribution in [0.1, 0.15) is 26.5 Å². The Kier molecular flexibility index (Phi) is 6.68. The van der Waals surface area contributed by atoms with Crippen LogP contribution in [-0.2, 0) is 11.2 Å². The third kappa shape index (κ3) is 5.93. The largest absolute Gasteiger partial charge is 0.507 e. The number of hydrogen-bond donors (Lipinski definition) is 3. The van der Waals surface area contributed by atoms with E-state index in [-0.39, 0.29) is 18.1 Å². The van der Waals surface area contributed by atoms with Gasteiger partial charge in [-0.05, 0) is 37.3 Å². The second kappa shape index (κ2) is 9.39. The molecule has 1 heterocycles. The lowest BCUT2D eigenvalue weighted by molar-refractivity contribution is -0.120. The van der Waals surface area contributed by atoms with Crippen LogP contribution in [0.25, 0.3) is 0 Å². The molecule has 0 aliphatic carbocycles. The highest BCUT2D eigenvalue weighted by atomic mass is 79.9. The van der Waals surface area contributed by atoms with Crippen molar-refractivity contribution in [3.05, 3.63) is 68.6 Å². The normalized spacial score (nSPS) is 10.8. The van der Waals surface area contributed by atoms with Gasteiger partial charge in [0, 0.05) is 15.6 Å². The van der Waals surface area contributed by atoms with E-state index in [9.17, 15) is 14.7 Å². The van der Waals surface area contributed by atoms with Crippen LogP contribution >= 0.6 is 27.3 Å². The summed E-state index contributed by atoms with van der Waals surface area (Å²) >= 11 is 4.40. The van der Waals surface area contributed by atoms with Gasteiger partial charge in [-0.1, -0.05) is 45.0 Å². The zero-order valence-electron chi connectivity index (χ0n) is 15.2. The van der Waals surface area contributed by atoms with Crippen LogP contribution in [0.2, 0.25) is 0 Å². The van der Waals surface area contributed by atoms with E-state index in [0.717, 1.165) is 21.4 Å². The van der Waals surface area contributed by atoms with Crippen molar-refractivity contribution < 1.29 is 14.7 Å². The van der Waals surface area contributed by atoms with Crippen LogP contribution in [0.5, 0.6) is 5.75 Å². The summed E-state index contributed by atoms with van der Waals surface area (Å²) in [4.78, 5) is 24.2. The topological polar surface area (TPSA) is 117 Å². The smallest absolute Gasteiger partial charge is 0.257 e. The summed E-state index contributed by atoms with van der Waals surface area (Å²) in [6, 6.07) is 12.0. The number of hydrazone groups is 1. The number of halogens is 1. The molecule has 148 valence electrons. The first-order valence-corrected chi connectivity index (χ1v) is 10.0. The Morgan fingerprint density at radius 2 is 2.07 bits per heavy atom. The van der Waals surface area contributed by atoms with Gasteiger partial charge in [0.15, 0.2) is 0 Å². The summed E-state index contributed by atoms with van der Waals surface area (Å²) in [5.41, 5.74) is 4.31. The van der Waals surface area contributed by atoms with Gasteiger partial charge in [0.2, 0.25) is 11.0 Å². The summed E-state index contributed by atoms with van der Waals surface area (Å²) in [7, 11) is 0. The number of phenols is 1. The van der Waals surface area contributed by atoms with Crippen LogP contribution in [0, 0.1) is 6.92 Å². The highest BCUT2D eigenvalue weighted by Crippen LogP contribution is 2.20. The van der Waals surface area contributed by atoms with Crippen LogP contribution in [-0.4, -0.2) is 33.3 Å². The molecular formula is C19H16BrN5O3S. The van der Waals surface area contributed by atoms with Crippen molar-refractivity contribution in [2.24, 2.45) is 5.10 Å². The van der Waals surface area contributed by atoms with Gasteiger partial charge in [-0.3, -0.25) is 14.9 Å². The number of amides is 2. The maximum absolute atomic E-state index is 12.2. The van der Waals surface area contributed by atoms with Crippen LogP contribution in [0.4, 0.5) is 5.13 Å². The fourth-order valence-electron chi connectivity index (χ4n) is 2.31. The molecule has 0 aliphatic rings. The number of nitrogens with zero attached hydrogens (tertiary/aromatic N) is 3. The molecule has 3 N–H and O–H groups in total. The molecule has 0 saturated heterocycles. The molecular weight excluding hydrogens is 458 g/mol. The van der Waals surface area contributed by atoms with Gasteiger partial charge in [0.1, 0.15) is 10.8 Å². The van der Waals surface area contributed by atoms with Gasteiger partial charge in [-0.25, -0.2) is 5.43 Å². The number of aryl methyl sites for hydroxylation is 1. The Bertz CT molecular complexity index is 1080. The van der Waals surface area contributed by atoms with Crippen molar-refractivity contribution in [3.8, 4) is 5.75 Å². The van der Waals surface area contributed by atoms with E-state index in [4.69, 9.17) is 0 Å². The lowest BCUT2D eigenvalue weighted by Crippen LogP contribution is -2.19. The number of benzene rings is 2. The molecule has 3 rings (SSSR count). The quantitative estimate of drug-likeness (QED) is 0.375. The summed E-state index contributed by atoms with van der Waals surface area (Å²) in [6.45, 7) is 1.90. The molecule has 29 heavy (non-hydrogen) atoms. The van der Waals surface area contributed by atoms with Crippen molar-refractivity contribution in [2.45, 2.75) is 13.3 Å². The first kappa shape index (κ1) is 20.6. The molecule has 0 bridgehead atoms. The summed E-state index contributed by atoms with van der Waals surface area (Å²) in [5, 5.41) is 24.8. The Balaban J connectivity index is 1.54. The molecule has 0 radical (unpaired) electrons. The van der Waals surface area contributed by atoms with Crippen LogP contribution in [0.15, 0.2) is 52.0 Å². The van der Waals surface area contributed by atoms with Gasteiger partial charge >= 0.3 is 0 Å². The molecule has 0 atom stereocenters. The maximum Gasteiger partial charge on any atom is 0.257 e. The molecule has 10 heteroatoms. The molecule has 0 unspecified atom stereocenters. The van der Waals surface area contributed by atoms with E-state index < -0.39 is 5.91 Å². The summed E-state index contributed by atoms with van der Waals surface area (Å²) in [5.74, 6) is -0.646. The van der Waals surface area contributed by atoms with E-state index in [0.29, 0.717) is 21.3 Å². The number of carbonyl (C=O) groups is 2. The Hall–Kier alpha value is -3.11. The number of phenolic OH excluding ortho intramolecular Hbond substituents is 1. The van der Waals surface area contributed by atoms with Crippen molar-refractivity contribution in [1.82, 2.24) is 15.6 Å². The summed E-state index contributed by atoms with van der Waals surface area (Å²) < 4.78 is 0.775. The van der Waals surface area contributed by atoms with Gasteiger partial charge in [-0.15, -0.1) is 10.2 Å². The average Bonchev–Trinajstić information content (AvgIpc) is 3.11. The van der Waals surface area contributed by atoms with Crippen molar-refractivity contribution in [2.75, 3.05) is 5.32 Å². The minimum absolute atomic E-state index is 0.0419. The highest BCUT2D eigenvalue weighted by molar-refractivity contribution is 9.10. The number of rotatable bonds is 6. The van der Waals surface area contributed by atoms with E-state index in [2.05, 4.69) is 42.0 Å². The number of nitrogens with one attached hydrogen (secondary N) is 2. The number of hydrogen-bond acceptors (Lipinski definition) is 7. The first-order valence-electron chi connectivity index (χ1n) is 8.41. The second-order valence-electron chi connectivity index (χ2n) is 6.00. The molecule has 2 aromatic carbocycles. The number of carbonyl (C=O) groups excluding carboxylic acids is 2. The average molecular weight is 474 g/mol. The molecule has 1 aromatic heterocycles.